The molecule has 0 aliphatic heterocycles. The van der Waals surface area contributed by atoms with Crippen LogP contribution in [0.15, 0.2) is 65.8 Å². The van der Waals surface area contributed by atoms with Crippen molar-refractivity contribution in [3.63, 3.8) is 0 Å². The Kier molecular flexibility index (Phi) is 6.77. The van der Waals surface area contributed by atoms with Gasteiger partial charge in [-0.3, -0.25) is 4.79 Å². The molecule has 1 heterocycles. The van der Waals surface area contributed by atoms with E-state index in [1.807, 2.05) is 43.3 Å². The van der Waals surface area contributed by atoms with E-state index in [1.54, 1.807) is 24.4 Å². The molecule has 8 heteroatoms. The average Bonchev–Trinajstić information content (AvgIpc) is 3.02. The van der Waals surface area contributed by atoms with E-state index in [1.165, 1.54) is 6.07 Å². The molecule has 0 radical (unpaired) electrons. The van der Waals surface area contributed by atoms with Gasteiger partial charge < -0.3 is 4.57 Å². The first-order chi connectivity index (χ1) is 15.3. The summed E-state index contributed by atoms with van der Waals surface area (Å²) in [7, 11) is 0. The molecule has 1 amide bonds. The Bertz CT molecular complexity index is 1360. The van der Waals surface area contributed by atoms with Gasteiger partial charge in [0.2, 0.25) is 0 Å². The van der Waals surface area contributed by atoms with Crippen LogP contribution in [0.3, 0.4) is 0 Å². The number of aromatic nitrogens is 1. The number of rotatable bonds is 5. The lowest BCUT2D eigenvalue weighted by Crippen LogP contribution is -2.18. The van der Waals surface area contributed by atoms with Gasteiger partial charge in [-0.25, -0.2) is 5.43 Å². The maximum Gasteiger partial charge on any atom is 0.272 e. The van der Waals surface area contributed by atoms with Crippen molar-refractivity contribution >= 4 is 69.4 Å². The number of halogens is 4. The lowest BCUT2D eigenvalue weighted by molar-refractivity contribution is 0.0955. The molecule has 0 unspecified atom stereocenters. The Morgan fingerprint density at radius 3 is 2.50 bits per heavy atom. The number of carbonyl (C=O) groups is 1. The van der Waals surface area contributed by atoms with Gasteiger partial charge in [-0.15, -0.1) is 0 Å². The van der Waals surface area contributed by atoms with Crippen LogP contribution in [-0.2, 0) is 6.54 Å². The number of benzene rings is 3. The van der Waals surface area contributed by atoms with E-state index in [4.69, 9.17) is 46.4 Å². The Morgan fingerprint density at radius 1 is 0.969 bits per heavy atom. The van der Waals surface area contributed by atoms with Crippen LogP contribution in [0.25, 0.3) is 10.9 Å². The van der Waals surface area contributed by atoms with Gasteiger partial charge in [0, 0.05) is 33.7 Å². The zero-order valence-corrected chi connectivity index (χ0v) is 19.9. The van der Waals surface area contributed by atoms with Crippen molar-refractivity contribution in [1.82, 2.24) is 9.99 Å². The van der Waals surface area contributed by atoms with E-state index in [2.05, 4.69) is 15.1 Å². The van der Waals surface area contributed by atoms with Crippen LogP contribution in [-0.4, -0.2) is 16.7 Å². The minimum atomic E-state index is -0.417. The van der Waals surface area contributed by atoms with E-state index < -0.39 is 5.91 Å². The van der Waals surface area contributed by atoms with Gasteiger partial charge in [-0.05, 0) is 48.9 Å². The molecule has 0 aliphatic carbocycles. The fourth-order valence-corrected chi connectivity index (χ4v) is 4.35. The predicted molar refractivity (Wildman–Crippen MR) is 134 cm³/mol. The van der Waals surface area contributed by atoms with E-state index in [0.717, 1.165) is 27.7 Å². The second-order valence-electron chi connectivity index (χ2n) is 7.17. The van der Waals surface area contributed by atoms with Gasteiger partial charge >= 0.3 is 0 Å². The van der Waals surface area contributed by atoms with Gasteiger partial charge in [0.25, 0.3) is 5.91 Å². The zero-order chi connectivity index (χ0) is 22.8. The minimum Gasteiger partial charge on any atom is -0.340 e. The molecule has 4 rings (SSSR count). The predicted octanol–water partition coefficient (Wildman–Crippen LogP) is 7.38. The highest BCUT2D eigenvalue weighted by Crippen LogP contribution is 2.28. The molecule has 1 aromatic heterocycles. The molecule has 4 aromatic rings. The Labute approximate surface area is 205 Å². The summed E-state index contributed by atoms with van der Waals surface area (Å²) >= 11 is 24.2. The van der Waals surface area contributed by atoms with Gasteiger partial charge in [-0.1, -0.05) is 70.7 Å². The first-order valence-corrected chi connectivity index (χ1v) is 11.2. The third kappa shape index (κ3) is 4.64. The van der Waals surface area contributed by atoms with Crippen molar-refractivity contribution in [2.24, 2.45) is 5.10 Å². The summed E-state index contributed by atoms with van der Waals surface area (Å²) < 4.78 is 2.17. The van der Waals surface area contributed by atoms with Gasteiger partial charge in [0.05, 0.1) is 26.8 Å². The third-order valence-electron chi connectivity index (χ3n) is 5.14. The summed E-state index contributed by atoms with van der Waals surface area (Å²) in [6.45, 7) is 2.63. The number of amides is 1. The first-order valence-electron chi connectivity index (χ1n) is 9.65. The highest BCUT2D eigenvalue weighted by Gasteiger charge is 2.14. The molecule has 0 aliphatic rings. The maximum atomic E-state index is 12.4. The maximum absolute atomic E-state index is 12.4. The number of nitrogens with zero attached hydrogens (tertiary/aromatic N) is 2. The smallest absolute Gasteiger partial charge is 0.272 e. The van der Waals surface area contributed by atoms with Crippen LogP contribution in [0.5, 0.6) is 0 Å². The van der Waals surface area contributed by atoms with Crippen molar-refractivity contribution < 1.29 is 4.79 Å². The monoisotopic (exact) mass is 503 g/mol. The molecular formula is C24H17Cl4N3O. The van der Waals surface area contributed by atoms with Crippen molar-refractivity contribution in [2.75, 3.05) is 0 Å². The highest BCUT2D eigenvalue weighted by molar-refractivity contribution is 6.42. The van der Waals surface area contributed by atoms with Crippen LogP contribution in [0, 0.1) is 6.92 Å². The van der Waals surface area contributed by atoms with Crippen LogP contribution in [0.2, 0.25) is 20.1 Å². The molecule has 0 fully saturated rings. The highest BCUT2D eigenvalue weighted by atomic mass is 35.5. The first kappa shape index (κ1) is 22.7. The van der Waals surface area contributed by atoms with E-state index in [9.17, 15) is 4.79 Å². The summed E-state index contributed by atoms with van der Waals surface area (Å²) in [6.07, 6.45) is 1.64. The molecule has 0 saturated heterocycles. The topological polar surface area (TPSA) is 46.4 Å². The Morgan fingerprint density at radius 2 is 1.75 bits per heavy atom. The average molecular weight is 505 g/mol. The lowest BCUT2D eigenvalue weighted by atomic mass is 10.1. The lowest BCUT2D eigenvalue weighted by Gasteiger charge is -2.09. The summed E-state index contributed by atoms with van der Waals surface area (Å²) in [5.74, 6) is -0.417. The van der Waals surface area contributed by atoms with Crippen LogP contribution < -0.4 is 5.43 Å². The third-order valence-corrected chi connectivity index (χ3v) is 6.43. The zero-order valence-electron chi connectivity index (χ0n) is 16.9. The normalized spacial score (nSPS) is 11.4. The van der Waals surface area contributed by atoms with E-state index in [-0.39, 0.29) is 5.02 Å². The fraction of sp³-hybridized carbons (Fsp3) is 0.0833. The Balaban J connectivity index is 1.63. The van der Waals surface area contributed by atoms with Crippen LogP contribution in [0.4, 0.5) is 0 Å². The molecule has 162 valence electrons. The quantitative estimate of drug-likeness (QED) is 0.223. The Hall–Kier alpha value is -2.50. The van der Waals surface area contributed by atoms with Gasteiger partial charge in [-0.2, -0.15) is 5.10 Å². The minimum absolute atomic E-state index is 0.264. The van der Waals surface area contributed by atoms with Crippen LogP contribution in [0.1, 0.15) is 27.2 Å². The number of carbonyl (C=O) groups excluding carboxylic acids is 1. The summed E-state index contributed by atoms with van der Waals surface area (Å²) in [4.78, 5) is 12.4. The number of nitrogens with one attached hydrogen (secondary N) is 1. The largest absolute Gasteiger partial charge is 0.340 e. The molecule has 0 saturated carbocycles. The number of hydrogen-bond donors (Lipinski definition) is 1. The molecular weight excluding hydrogens is 488 g/mol. The number of fused-ring (bicyclic) bond motifs is 1. The van der Waals surface area contributed by atoms with Crippen molar-refractivity contribution in [3.8, 4) is 0 Å². The number of hydrazone groups is 1. The molecule has 32 heavy (non-hydrogen) atoms. The standard InChI is InChI=1S/C24H17Cl4N3O/c1-14-19(12-29-30-24(32)18-8-7-16(25)11-21(18)27)17-4-2-3-5-23(17)31(14)13-15-6-9-20(26)22(28)10-15/h2-12H,13H2,1H3,(H,30,32)/b29-12-. The molecule has 0 spiro atoms. The van der Waals surface area contributed by atoms with Crippen molar-refractivity contribution in [3.05, 3.63) is 103 Å². The SMILES string of the molecule is Cc1c(/C=N\NC(=O)c2ccc(Cl)cc2Cl)c2ccccc2n1Cc1ccc(Cl)c(Cl)c1. The molecule has 3 aromatic carbocycles. The molecule has 0 bridgehead atoms. The summed E-state index contributed by atoms with van der Waals surface area (Å²) in [6, 6.07) is 18.3. The van der Waals surface area contributed by atoms with Crippen molar-refractivity contribution in [2.45, 2.75) is 13.5 Å². The van der Waals surface area contributed by atoms with Gasteiger partial charge in [0.1, 0.15) is 0 Å². The van der Waals surface area contributed by atoms with E-state index >= 15 is 0 Å². The molecule has 1 N–H and O–H groups in total. The number of hydrogen-bond acceptors (Lipinski definition) is 2. The molecule has 0 atom stereocenters. The fourth-order valence-electron chi connectivity index (χ4n) is 3.53. The van der Waals surface area contributed by atoms with Gasteiger partial charge in [0.15, 0.2) is 0 Å². The van der Waals surface area contributed by atoms with Crippen molar-refractivity contribution in [1.29, 1.82) is 0 Å². The summed E-state index contributed by atoms with van der Waals surface area (Å²) in [5, 5.41) is 6.95. The van der Waals surface area contributed by atoms with E-state index in [0.29, 0.717) is 27.2 Å². The molecule has 4 nitrogen and oxygen atoms in total. The second kappa shape index (κ2) is 9.55. The van der Waals surface area contributed by atoms with Crippen LogP contribution >= 0.6 is 46.4 Å². The second-order valence-corrected chi connectivity index (χ2v) is 8.83. The number of para-hydroxylation sites is 1. The summed E-state index contributed by atoms with van der Waals surface area (Å²) in [5.41, 5.74) is 6.81.